The molecule has 0 bridgehead atoms. The summed E-state index contributed by atoms with van der Waals surface area (Å²) in [5.74, 6) is 0. The maximum atomic E-state index is 12.3. The lowest BCUT2D eigenvalue weighted by Gasteiger charge is -2.48. The van der Waals surface area contributed by atoms with Gasteiger partial charge in [0.05, 0.1) is 11.6 Å². The molecular weight excluding hydrogens is 356 g/mol. The van der Waals surface area contributed by atoms with Crippen LogP contribution in [0.4, 0.5) is 10.5 Å². The summed E-state index contributed by atoms with van der Waals surface area (Å²) < 4.78 is 6.54. The Morgan fingerprint density at radius 3 is 2.70 bits per heavy atom. The first-order valence-electron chi connectivity index (χ1n) is 8.08. The Balaban J connectivity index is 2.30. The Morgan fingerprint density at radius 2 is 2.13 bits per heavy atom. The predicted molar refractivity (Wildman–Crippen MR) is 98.1 cm³/mol. The molecule has 0 fully saturated rings. The molecule has 2 unspecified atom stereocenters. The minimum atomic E-state index is -0.495. The molecule has 1 heterocycles. The number of carbonyl (C=O) groups excluding carboxylic acids is 1. The summed E-state index contributed by atoms with van der Waals surface area (Å²) >= 11 is 3.55. The second-order valence-corrected chi connectivity index (χ2v) is 8.44. The van der Waals surface area contributed by atoms with Gasteiger partial charge < -0.3 is 15.0 Å². The summed E-state index contributed by atoms with van der Waals surface area (Å²) in [6.07, 6.45) is 1.37. The number of benzene rings is 1. The molecule has 0 aromatic heterocycles. The number of hydrogen-bond donors (Lipinski definition) is 1. The number of nitrogens with zero attached hydrogens (tertiary/aromatic N) is 1. The molecule has 1 amide bonds. The van der Waals surface area contributed by atoms with Crippen LogP contribution in [0.5, 0.6) is 0 Å². The number of fused-ring (bicyclic) bond motifs is 1. The van der Waals surface area contributed by atoms with Crippen molar-refractivity contribution in [3.05, 3.63) is 28.2 Å². The summed E-state index contributed by atoms with van der Waals surface area (Å²) in [7, 11) is 2.09. The van der Waals surface area contributed by atoms with Gasteiger partial charge in [-0.25, -0.2) is 4.79 Å². The molecule has 128 valence electrons. The van der Waals surface area contributed by atoms with Crippen molar-refractivity contribution in [2.75, 3.05) is 11.9 Å². The zero-order valence-electron chi connectivity index (χ0n) is 14.9. The second-order valence-electron chi connectivity index (χ2n) is 7.53. The molecule has 2 atom stereocenters. The average molecular weight is 383 g/mol. The first kappa shape index (κ1) is 18.1. The summed E-state index contributed by atoms with van der Waals surface area (Å²) in [4.78, 5) is 14.6. The van der Waals surface area contributed by atoms with Crippen molar-refractivity contribution in [3.8, 4) is 0 Å². The van der Waals surface area contributed by atoms with E-state index in [1.165, 1.54) is 11.3 Å². The Morgan fingerprint density at radius 1 is 1.48 bits per heavy atom. The predicted octanol–water partition coefficient (Wildman–Crippen LogP) is 4.50. The van der Waals surface area contributed by atoms with Crippen molar-refractivity contribution in [1.29, 1.82) is 0 Å². The third-order valence-corrected chi connectivity index (χ3v) is 4.85. The molecule has 0 radical (unpaired) electrons. The zero-order chi connectivity index (χ0) is 17.4. The van der Waals surface area contributed by atoms with Crippen LogP contribution < -0.4 is 10.2 Å². The van der Waals surface area contributed by atoms with Crippen LogP contribution in [0.25, 0.3) is 0 Å². The fourth-order valence-electron chi connectivity index (χ4n) is 3.51. The van der Waals surface area contributed by atoms with Crippen molar-refractivity contribution >= 4 is 27.7 Å². The molecule has 4 nitrogen and oxygen atoms in total. The lowest BCUT2D eigenvalue weighted by atomic mass is 9.79. The Labute approximate surface area is 147 Å². The number of alkyl carbamates (subject to hydrolysis) is 1. The number of amides is 1. The number of carbonyl (C=O) groups is 1. The van der Waals surface area contributed by atoms with Crippen molar-refractivity contribution in [2.45, 2.75) is 64.6 Å². The highest BCUT2D eigenvalue weighted by Gasteiger charge is 2.42. The summed E-state index contributed by atoms with van der Waals surface area (Å²) in [6, 6.07) is 6.52. The molecule has 0 aliphatic carbocycles. The monoisotopic (exact) mass is 382 g/mol. The number of halogens is 1. The molecule has 1 N–H and O–H groups in total. The SMILES string of the molecule is CCC1N(C)c2cc(Br)ccc2CC1(C)NC(=O)OC(C)(C)C. The Kier molecular flexibility index (Phi) is 5.00. The lowest BCUT2D eigenvalue weighted by Crippen LogP contribution is -2.63. The smallest absolute Gasteiger partial charge is 0.408 e. The molecule has 2 rings (SSSR count). The van der Waals surface area contributed by atoms with Crippen LogP contribution in [-0.2, 0) is 11.2 Å². The molecule has 23 heavy (non-hydrogen) atoms. The van der Waals surface area contributed by atoms with Crippen LogP contribution in [0.3, 0.4) is 0 Å². The van der Waals surface area contributed by atoms with Gasteiger partial charge in [-0.3, -0.25) is 0 Å². The van der Waals surface area contributed by atoms with E-state index in [4.69, 9.17) is 4.74 Å². The largest absolute Gasteiger partial charge is 0.444 e. The van der Waals surface area contributed by atoms with Crippen LogP contribution >= 0.6 is 15.9 Å². The second kappa shape index (κ2) is 6.34. The third-order valence-electron chi connectivity index (χ3n) is 4.36. The highest BCUT2D eigenvalue weighted by molar-refractivity contribution is 9.10. The Bertz CT molecular complexity index is 597. The van der Waals surface area contributed by atoms with E-state index < -0.39 is 5.60 Å². The van der Waals surface area contributed by atoms with Crippen molar-refractivity contribution in [1.82, 2.24) is 5.32 Å². The van der Waals surface area contributed by atoms with Gasteiger partial charge in [0.2, 0.25) is 0 Å². The molecule has 1 aliphatic rings. The van der Waals surface area contributed by atoms with Crippen LogP contribution in [0.15, 0.2) is 22.7 Å². The van der Waals surface area contributed by atoms with E-state index in [0.717, 1.165) is 17.3 Å². The fraction of sp³-hybridized carbons (Fsp3) is 0.611. The van der Waals surface area contributed by atoms with E-state index >= 15 is 0 Å². The van der Waals surface area contributed by atoms with Crippen LogP contribution in [0.1, 0.15) is 46.6 Å². The van der Waals surface area contributed by atoms with Crippen molar-refractivity contribution in [3.63, 3.8) is 0 Å². The van der Waals surface area contributed by atoms with E-state index in [-0.39, 0.29) is 17.7 Å². The Hall–Kier alpha value is -1.23. The molecule has 0 spiro atoms. The zero-order valence-corrected chi connectivity index (χ0v) is 16.5. The normalized spacial score (nSPS) is 24.1. The number of nitrogens with one attached hydrogen (secondary N) is 1. The van der Waals surface area contributed by atoms with Crippen LogP contribution in [0, 0.1) is 0 Å². The molecule has 5 heteroatoms. The van der Waals surface area contributed by atoms with Crippen LogP contribution in [-0.4, -0.2) is 30.3 Å². The topological polar surface area (TPSA) is 41.6 Å². The minimum Gasteiger partial charge on any atom is -0.444 e. The fourth-order valence-corrected chi connectivity index (χ4v) is 3.86. The number of rotatable bonds is 2. The summed E-state index contributed by atoms with van der Waals surface area (Å²) in [5, 5.41) is 3.12. The maximum Gasteiger partial charge on any atom is 0.408 e. The van der Waals surface area contributed by atoms with Gasteiger partial charge in [-0.2, -0.15) is 0 Å². The van der Waals surface area contributed by atoms with E-state index in [1.54, 1.807) is 0 Å². The highest BCUT2D eigenvalue weighted by atomic mass is 79.9. The lowest BCUT2D eigenvalue weighted by molar-refractivity contribution is 0.0441. The number of anilines is 1. The van der Waals surface area contributed by atoms with Gasteiger partial charge in [-0.05, 0) is 58.2 Å². The minimum absolute atomic E-state index is 0.205. The van der Waals surface area contributed by atoms with Crippen molar-refractivity contribution in [2.24, 2.45) is 0 Å². The van der Waals surface area contributed by atoms with Gasteiger partial charge in [0.1, 0.15) is 5.60 Å². The van der Waals surface area contributed by atoms with Gasteiger partial charge in [0.25, 0.3) is 0 Å². The highest BCUT2D eigenvalue weighted by Crippen LogP contribution is 2.38. The van der Waals surface area contributed by atoms with Crippen molar-refractivity contribution < 1.29 is 9.53 Å². The molecule has 0 saturated heterocycles. The first-order valence-corrected chi connectivity index (χ1v) is 8.87. The summed E-state index contributed by atoms with van der Waals surface area (Å²) in [5.41, 5.74) is 1.59. The van der Waals surface area contributed by atoms with E-state index in [9.17, 15) is 4.79 Å². The molecule has 1 aliphatic heterocycles. The molecular formula is C18H27BrN2O2. The molecule has 1 aromatic carbocycles. The first-order chi connectivity index (χ1) is 10.6. The average Bonchev–Trinajstić information content (AvgIpc) is 2.37. The number of hydrogen-bond acceptors (Lipinski definition) is 3. The summed E-state index contributed by atoms with van der Waals surface area (Å²) in [6.45, 7) is 9.90. The molecule has 0 saturated carbocycles. The van der Waals surface area contributed by atoms with Gasteiger partial charge in [-0.15, -0.1) is 0 Å². The number of ether oxygens (including phenoxy) is 1. The maximum absolute atomic E-state index is 12.3. The standard InChI is InChI=1S/C18H27BrN2O2/c1-7-15-18(5,20-16(22)23-17(2,3)4)11-12-8-9-13(19)10-14(12)21(15)6/h8-10,15H,7,11H2,1-6H3,(H,20,22). The van der Waals surface area contributed by atoms with Crippen LogP contribution in [0.2, 0.25) is 0 Å². The van der Waals surface area contributed by atoms with E-state index in [1.807, 2.05) is 26.8 Å². The third kappa shape index (κ3) is 4.00. The van der Waals surface area contributed by atoms with Gasteiger partial charge in [0.15, 0.2) is 0 Å². The quantitative estimate of drug-likeness (QED) is 0.818. The van der Waals surface area contributed by atoms with E-state index in [2.05, 4.69) is 59.2 Å². The van der Waals surface area contributed by atoms with E-state index in [0.29, 0.717) is 0 Å². The number of likely N-dealkylation sites (N-methyl/N-ethyl adjacent to an activating group) is 1. The van der Waals surface area contributed by atoms with Gasteiger partial charge in [-0.1, -0.05) is 28.9 Å². The molecule has 1 aromatic rings. The van der Waals surface area contributed by atoms with Gasteiger partial charge >= 0.3 is 6.09 Å². The van der Waals surface area contributed by atoms with Gasteiger partial charge in [0, 0.05) is 17.2 Å².